The lowest BCUT2D eigenvalue weighted by Gasteiger charge is -2.33. The molecule has 0 spiro atoms. The molecule has 0 aliphatic carbocycles. The van der Waals surface area contributed by atoms with Gasteiger partial charge in [0.05, 0.1) is 10.6 Å². The molecule has 0 amide bonds. The van der Waals surface area contributed by atoms with E-state index in [2.05, 4.69) is 18.8 Å². The third-order valence-corrected chi connectivity index (χ3v) is 8.08. The molecule has 4 nitrogen and oxygen atoms in total. The van der Waals surface area contributed by atoms with Crippen molar-refractivity contribution in [1.29, 1.82) is 0 Å². The zero-order chi connectivity index (χ0) is 20.8. The fourth-order valence-electron chi connectivity index (χ4n) is 4.75. The Kier molecular flexibility index (Phi) is 5.30. The molecule has 2 aromatic carbocycles. The van der Waals surface area contributed by atoms with Crippen molar-refractivity contribution >= 4 is 15.7 Å². The summed E-state index contributed by atoms with van der Waals surface area (Å²) in [6.45, 7) is 10.7. The predicted molar refractivity (Wildman–Crippen MR) is 119 cm³/mol. The Hall–Kier alpha value is -2.11. The Bertz CT molecular complexity index is 1060. The summed E-state index contributed by atoms with van der Waals surface area (Å²) >= 11 is 0. The number of fused-ring (bicyclic) bond motifs is 1. The molecule has 154 valence electrons. The number of hydrogen-bond donors (Lipinski definition) is 1. The largest absolute Gasteiger partial charge is 0.307 e. The second-order valence-electron chi connectivity index (χ2n) is 8.57. The van der Waals surface area contributed by atoms with Crippen molar-refractivity contribution in [2.75, 3.05) is 10.8 Å². The molecule has 29 heavy (non-hydrogen) atoms. The van der Waals surface area contributed by atoms with E-state index >= 15 is 0 Å². The van der Waals surface area contributed by atoms with Gasteiger partial charge < -0.3 is 5.32 Å². The molecule has 0 bridgehead atoms. The summed E-state index contributed by atoms with van der Waals surface area (Å²) in [5, 5.41) is 3.60. The summed E-state index contributed by atoms with van der Waals surface area (Å²) in [6.07, 6.45) is 3.58. The van der Waals surface area contributed by atoms with E-state index in [4.69, 9.17) is 0 Å². The molecule has 2 atom stereocenters. The summed E-state index contributed by atoms with van der Waals surface area (Å²) in [5.41, 5.74) is 6.01. The second-order valence-corrected chi connectivity index (χ2v) is 10.4. The van der Waals surface area contributed by atoms with Crippen LogP contribution in [0.4, 0.5) is 5.69 Å². The Morgan fingerprint density at radius 1 is 1.10 bits per heavy atom. The van der Waals surface area contributed by atoms with E-state index < -0.39 is 10.0 Å². The third kappa shape index (κ3) is 3.74. The van der Waals surface area contributed by atoms with Gasteiger partial charge in [-0.25, -0.2) is 8.42 Å². The molecule has 5 heteroatoms. The van der Waals surface area contributed by atoms with Gasteiger partial charge >= 0.3 is 0 Å². The number of nitrogens with zero attached hydrogens (tertiary/aromatic N) is 1. The van der Waals surface area contributed by atoms with Gasteiger partial charge in [-0.3, -0.25) is 4.31 Å². The summed E-state index contributed by atoms with van der Waals surface area (Å²) in [4.78, 5) is 0.414. The van der Waals surface area contributed by atoms with Gasteiger partial charge in [0.15, 0.2) is 0 Å². The number of sulfonamides is 1. The van der Waals surface area contributed by atoms with Crippen molar-refractivity contribution in [3.63, 3.8) is 0 Å². The fraction of sp³-hybridized carbons (Fsp3) is 0.417. The standard InChI is InChI=1S/C24H30N2O2S/c1-16-13-19(4)25-22(14-16)21-11-10-17(2)23(15-21)29(27,28)26-12-6-9-20-8-5-7-18(3)24(20)26/h5,7-8,10-11,15,19,22,25H,1,6,9,12-14H2,2-4H3. The lowest BCUT2D eigenvalue weighted by atomic mass is 9.90. The zero-order valence-electron chi connectivity index (χ0n) is 17.5. The molecule has 0 aromatic heterocycles. The average molecular weight is 411 g/mol. The van der Waals surface area contributed by atoms with Crippen LogP contribution in [-0.4, -0.2) is 21.0 Å². The minimum absolute atomic E-state index is 0.108. The summed E-state index contributed by atoms with van der Waals surface area (Å²) < 4.78 is 29.2. The zero-order valence-corrected chi connectivity index (χ0v) is 18.3. The van der Waals surface area contributed by atoms with Crippen LogP contribution < -0.4 is 9.62 Å². The van der Waals surface area contributed by atoms with Gasteiger partial charge in [0.2, 0.25) is 0 Å². The Labute approximate surface area is 174 Å². The number of para-hydroxylation sites is 1. The minimum atomic E-state index is -3.63. The topological polar surface area (TPSA) is 49.4 Å². The van der Waals surface area contributed by atoms with Gasteiger partial charge in [0.1, 0.15) is 0 Å². The van der Waals surface area contributed by atoms with Crippen LogP contribution in [0.25, 0.3) is 0 Å². The first-order valence-corrected chi connectivity index (χ1v) is 11.9. The van der Waals surface area contributed by atoms with Crippen LogP contribution in [0.1, 0.15) is 54.5 Å². The second kappa shape index (κ2) is 7.62. The maximum atomic E-state index is 13.8. The molecule has 2 aliphatic heterocycles. The van der Waals surface area contributed by atoms with Gasteiger partial charge in [-0.15, -0.1) is 0 Å². The Balaban J connectivity index is 1.76. The molecule has 2 aliphatic rings. The average Bonchev–Trinajstić information content (AvgIpc) is 2.67. The highest BCUT2D eigenvalue weighted by Gasteiger charge is 2.32. The molecular formula is C24H30N2O2S. The normalized spacial score (nSPS) is 22.4. The Morgan fingerprint density at radius 3 is 2.66 bits per heavy atom. The van der Waals surface area contributed by atoms with Crippen LogP contribution in [0.3, 0.4) is 0 Å². The van der Waals surface area contributed by atoms with E-state index in [0.717, 1.165) is 53.6 Å². The van der Waals surface area contributed by atoms with E-state index in [1.54, 1.807) is 4.31 Å². The highest BCUT2D eigenvalue weighted by Crippen LogP contribution is 2.37. The Morgan fingerprint density at radius 2 is 1.90 bits per heavy atom. The number of rotatable bonds is 3. The monoisotopic (exact) mass is 410 g/mol. The van der Waals surface area contributed by atoms with Gasteiger partial charge in [-0.1, -0.05) is 42.5 Å². The number of piperidine rings is 1. The summed E-state index contributed by atoms with van der Waals surface area (Å²) in [7, 11) is -3.63. The highest BCUT2D eigenvalue weighted by atomic mass is 32.2. The van der Waals surface area contributed by atoms with Crippen LogP contribution >= 0.6 is 0 Å². The van der Waals surface area contributed by atoms with Crippen molar-refractivity contribution in [2.45, 2.75) is 63.4 Å². The smallest absolute Gasteiger partial charge is 0.264 e. The molecule has 0 radical (unpaired) electrons. The van der Waals surface area contributed by atoms with Crippen molar-refractivity contribution in [3.8, 4) is 0 Å². The first-order chi connectivity index (χ1) is 13.8. The SMILES string of the molecule is C=C1CC(C)NC(c2ccc(C)c(S(=O)(=O)N3CCCc4cccc(C)c43)c2)C1. The molecule has 1 saturated heterocycles. The first-order valence-electron chi connectivity index (χ1n) is 10.4. The van der Waals surface area contributed by atoms with Crippen LogP contribution in [-0.2, 0) is 16.4 Å². The van der Waals surface area contributed by atoms with E-state index in [1.165, 1.54) is 5.57 Å². The molecular weight excluding hydrogens is 380 g/mol. The molecule has 4 rings (SSSR count). The van der Waals surface area contributed by atoms with E-state index in [-0.39, 0.29) is 6.04 Å². The van der Waals surface area contributed by atoms with Crippen molar-refractivity contribution in [1.82, 2.24) is 5.32 Å². The van der Waals surface area contributed by atoms with Gasteiger partial charge in [0.25, 0.3) is 10.0 Å². The molecule has 2 unspecified atom stereocenters. The maximum Gasteiger partial charge on any atom is 0.264 e. The molecule has 1 fully saturated rings. The lowest BCUT2D eigenvalue weighted by Crippen LogP contribution is -2.37. The number of aryl methyl sites for hydroxylation is 3. The third-order valence-electron chi connectivity index (χ3n) is 6.13. The predicted octanol–water partition coefficient (Wildman–Crippen LogP) is 4.81. The first kappa shape index (κ1) is 20.2. The number of benzene rings is 2. The summed E-state index contributed by atoms with van der Waals surface area (Å²) in [6, 6.07) is 12.4. The molecule has 2 aromatic rings. The van der Waals surface area contributed by atoms with E-state index in [1.807, 2.05) is 50.2 Å². The van der Waals surface area contributed by atoms with Crippen LogP contribution in [0.15, 0.2) is 53.4 Å². The molecule has 2 heterocycles. The quantitative estimate of drug-likeness (QED) is 0.739. The molecule has 0 saturated carbocycles. The number of nitrogens with one attached hydrogen (secondary N) is 1. The van der Waals surface area contributed by atoms with E-state index in [0.29, 0.717) is 17.5 Å². The highest BCUT2D eigenvalue weighted by molar-refractivity contribution is 7.92. The number of hydrogen-bond acceptors (Lipinski definition) is 3. The van der Waals surface area contributed by atoms with E-state index in [9.17, 15) is 8.42 Å². The maximum absolute atomic E-state index is 13.8. The van der Waals surface area contributed by atoms with Gasteiger partial charge in [-0.05, 0) is 74.8 Å². The van der Waals surface area contributed by atoms with Crippen LogP contribution in [0.5, 0.6) is 0 Å². The lowest BCUT2D eigenvalue weighted by molar-refractivity contribution is 0.400. The summed E-state index contributed by atoms with van der Waals surface area (Å²) in [5.74, 6) is 0. The van der Waals surface area contributed by atoms with Crippen LogP contribution in [0.2, 0.25) is 0 Å². The van der Waals surface area contributed by atoms with Gasteiger partial charge in [0, 0.05) is 18.6 Å². The van der Waals surface area contributed by atoms with Crippen LogP contribution in [0, 0.1) is 13.8 Å². The number of anilines is 1. The fourth-order valence-corrected chi connectivity index (χ4v) is 6.62. The van der Waals surface area contributed by atoms with Crippen molar-refractivity contribution < 1.29 is 8.42 Å². The van der Waals surface area contributed by atoms with Gasteiger partial charge in [-0.2, -0.15) is 0 Å². The van der Waals surface area contributed by atoms with Crippen molar-refractivity contribution in [2.24, 2.45) is 0 Å². The minimum Gasteiger partial charge on any atom is -0.307 e. The van der Waals surface area contributed by atoms with Crippen molar-refractivity contribution in [3.05, 3.63) is 70.8 Å². The molecule has 1 N–H and O–H groups in total.